The zero-order valence-corrected chi connectivity index (χ0v) is 23.2. The molecule has 0 aromatic heterocycles. The van der Waals surface area contributed by atoms with Crippen molar-refractivity contribution in [2.75, 3.05) is 13.2 Å². The molecule has 0 radical (unpaired) electrons. The predicted molar refractivity (Wildman–Crippen MR) is 134 cm³/mol. The number of ether oxygens (including phenoxy) is 1. The predicted octanol–water partition coefficient (Wildman–Crippen LogP) is 7.12. The Kier molecular flexibility index (Phi) is 14.2. The van der Waals surface area contributed by atoms with Gasteiger partial charge >= 0.3 is 195 Å². The van der Waals surface area contributed by atoms with E-state index in [1.165, 1.54) is 51.8 Å². The van der Waals surface area contributed by atoms with Crippen molar-refractivity contribution in [3.8, 4) is 0 Å². The standard InChI is InChI=1S/C14H18NO3.3C4H9.Sn/c1-3-10-18-14(17)15(4-2)13(11-16)12-8-6-5-7-9-12;3*1-3-4-2;/h3-9,13,16H,1,10-11H2,2H3;3*1,3-4H2,2H3;/t13-;;;;/m0..../s1. The summed E-state index contributed by atoms with van der Waals surface area (Å²) in [5, 5.41) is 10.4. The average molecular weight is 538 g/mol. The summed E-state index contributed by atoms with van der Waals surface area (Å²) in [6, 6.07) is 9.53. The monoisotopic (exact) mass is 539 g/mol. The van der Waals surface area contributed by atoms with Crippen LogP contribution in [0.5, 0.6) is 0 Å². The van der Waals surface area contributed by atoms with E-state index in [4.69, 9.17) is 4.74 Å². The van der Waals surface area contributed by atoms with Gasteiger partial charge in [-0.3, -0.25) is 0 Å². The van der Waals surface area contributed by atoms with Crippen LogP contribution in [0.2, 0.25) is 13.3 Å². The van der Waals surface area contributed by atoms with Crippen LogP contribution in [0.25, 0.3) is 0 Å². The molecule has 1 aromatic carbocycles. The van der Waals surface area contributed by atoms with Crippen LogP contribution in [0.3, 0.4) is 0 Å². The number of carbonyl (C=O) groups is 1. The van der Waals surface area contributed by atoms with Gasteiger partial charge in [0, 0.05) is 0 Å². The Morgan fingerprint density at radius 2 is 1.58 bits per heavy atom. The van der Waals surface area contributed by atoms with E-state index >= 15 is 0 Å². The Hall–Kier alpha value is -1.01. The summed E-state index contributed by atoms with van der Waals surface area (Å²) in [7, 11) is 0. The van der Waals surface area contributed by atoms with Gasteiger partial charge in [-0.15, -0.1) is 0 Å². The second-order valence-corrected chi connectivity index (χ2v) is 23.2. The third kappa shape index (κ3) is 8.45. The van der Waals surface area contributed by atoms with Gasteiger partial charge < -0.3 is 0 Å². The number of hydrogen-bond acceptors (Lipinski definition) is 3. The Bertz CT molecular complexity index is 601. The first kappa shape index (κ1) is 28.0. The van der Waals surface area contributed by atoms with Crippen LogP contribution in [0.4, 0.5) is 4.79 Å². The number of aliphatic hydroxyl groups is 1. The van der Waals surface area contributed by atoms with Crippen molar-refractivity contribution < 1.29 is 14.6 Å². The molecule has 0 heterocycles. The summed E-state index contributed by atoms with van der Waals surface area (Å²) in [5.41, 5.74) is 0.967. The second-order valence-electron chi connectivity index (χ2n) is 8.73. The molecule has 176 valence electrons. The topological polar surface area (TPSA) is 49.8 Å². The number of nitrogens with zero attached hydrogens (tertiary/aromatic N) is 1. The molecule has 5 heteroatoms. The van der Waals surface area contributed by atoms with Crippen LogP contribution >= 0.6 is 0 Å². The van der Waals surface area contributed by atoms with Gasteiger partial charge in [0.25, 0.3) is 0 Å². The second kappa shape index (κ2) is 15.7. The summed E-state index contributed by atoms with van der Waals surface area (Å²) in [6.45, 7) is 12.8. The van der Waals surface area contributed by atoms with Gasteiger partial charge in [0.1, 0.15) is 0 Å². The first-order valence-corrected chi connectivity index (χ1v) is 19.9. The molecule has 0 fully saturated rings. The number of benzene rings is 1. The fraction of sp³-hybridized carbons (Fsp3) is 0.654. The molecule has 1 rings (SSSR count). The third-order valence-corrected chi connectivity index (χ3v) is 24.0. The molecule has 2 atom stereocenters. The maximum atomic E-state index is 13.4. The quantitative estimate of drug-likeness (QED) is 0.180. The number of hydrogen-bond donors (Lipinski definition) is 1. The van der Waals surface area contributed by atoms with Crippen molar-refractivity contribution in [1.82, 2.24) is 4.90 Å². The third-order valence-electron chi connectivity index (χ3n) is 6.62. The number of carbonyl (C=O) groups excluding carboxylic acids is 1. The molecule has 0 saturated carbocycles. The summed E-state index contributed by atoms with van der Waals surface area (Å²) in [4.78, 5) is 15.3. The van der Waals surface area contributed by atoms with Crippen LogP contribution in [-0.4, -0.2) is 51.7 Å². The van der Waals surface area contributed by atoms with E-state index in [1.54, 1.807) is 6.08 Å². The normalized spacial score (nSPS) is 13.5. The Morgan fingerprint density at radius 3 is 2.00 bits per heavy atom. The van der Waals surface area contributed by atoms with E-state index in [1.807, 2.05) is 35.2 Å². The minimum absolute atomic E-state index is 0.102. The van der Waals surface area contributed by atoms with Crippen LogP contribution < -0.4 is 0 Å². The van der Waals surface area contributed by atoms with E-state index < -0.39 is 18.4 Å². The molecular weight excluding hydrogens is 493 g/mol. The molecule has 0 aliphatic heterocycles. The minimum atomic E-state index is -2.80. The van der Waals surface area contributed by atoms with Gasteiger partial charge in [0.05, 0.1) is 0 Å². The summed E-state index contributed by atoms with van der Waals surface area (Å²) >= 11 is -2.80. The molecule has 31 heavy (non-hydrogen) atoms. The molecule has 4 nitrogen and oxygen atoms in total. The van der Waals surface area contributed by atoms with Crippen molar-refractivity contribution in [2.24, 2.45) is 0 Å². The fourth-order valence-corrected chi connectivity index (χ4v) is 21.9. The number of unbranched alkanes of at least 4 members (excludes halogenated alkanes) is 3. The van der Waals surface area contributed by atoms with Gasteiger partial charge in [0.15, 0.2) is 0 Å². The summed E-state index contributed by atoms with van der Waals surface area (Å²) < 4.78 is 9.63. The van der Waals surface area contributed by atoms with E-state index in [9.17, 15) is 9.90 Å². The average Bonchev–Trinajstić information content (AvgIpc) is 2.80. The Labute approximate surface area is 194 Å². The molecule has 0 saturated heterocycles. The van der Waals surface area contributed by atoms with Crippen LogP contribution in [0.15, 0.2) is 43.0 Å². The first-order chi connectivity index (χ1) is 15.0. The molecule has 1 aromatic rings. The first-order valence-electron chi connectivity index (χ1n) is 12.2. The number of amides is 1. The van der Waals surface area contributed by atoms with Crippen molar-refractivity contribution in [3.63, 3.8) is 0 Å². The molecule has 0 aliphatic carbocycles. The Morgan fingerprint density at radius 1 is 1.06 bits per heavy atom. The molecule has 0 unspecified atom stereocenters. The molecule has 0 aliphatic rings. The van der Waals surface area contributed by atoms with Crippen LogP contribution in [0, 0.1) is 0 Å². The fourth-order valence-electron chi connectivity index (χ4n) is 4.67. The Balaban J connectivity index is 3.45. The maximum absolute atomic E-state index is 13.4. The van der Waals surface area contributed by atoms with E-state index in [2.05, 4.69) is 34.3 Å². The van der Waals surface area contributed by atoms with Crippen molar-refractivity contribution in [1.29, 1.82) is 0 Å². The van der Waals surface area contributed by atoms with Crippen molar-refractivity contribution in [2.45, 2.75) is 89.6 Å². The zero-order valence-electron chi connectivity index (χ0n) is 20.3. The number of aliphatic hydroxyl groups excluding tert-OH is 1. The van der Waals surface area contributed by atoms with Gasteiger partial charge in [-0.05, 0) is 0 Å². The number of rotatable bonds is 16. The van der Waals surface area contributed by atoms with Gasteiger partial charge in [0.2, 0.25) is 0 Å². The van der Waals surface area contributed by atoms with E-state index in [0.29, 0.717) is 0 Å². The van der Waals surface area contributed by atoms with Gasteiger partial charge in [-0.25, -0.2) is 0 Å². The SMILES string of the molecule is C=CCOC(=O)N([C@@H](CO)c1ccccc1)[C@H](C)[Sn]([CH2]CCC)([CH2]CCC)[CH2]CCC. The summed E-state index contributed by atoms with van der Waals surface area (Å²) in [6.07, 6.45) is 8.56. The molecule has 0 bridgehead atoms. The zero-order chi connectivity index (χ0) is 23.1. The van der Waals surface area contributed by atoms with Gasteiger partial charge in [-0.2, -0.15) is 0 Å². The van der Waals surface area contributed by atoms with Crippen LogP contribution in [0.1, 0.15) is 77.8 Å². The molecular formula is C26H45NO3Sn. The van der Waals surface area contributed by atoms with E-state index in [-0.39, 0.29) is 29.4 Å². The molecule has 1 amide bonds. The van der Waals surface area contributed by atoms with E-state index in [0.717, 1.165) is 5.56 Å². The van der Waals surface area contributed by atoms with Crippen LogP contribution in [-0.2, 0) is 4.74 Å². The van der Waals surface area contributed by atoms with Crippen molar-refractivity contribution >= 4 is 24.5 Å². The van der Waals surface area contributed by atoms with Crippen molar-refractivity contribution in [3.05, 3.63) is 48.6 Å². The van der Waals surface area contributed by atoms with Gasteiger partial charge in [-0.1, -0.05) is 0 Å². The summed E-state index contributed by atoms with van der Waals surface area (Å²) in [5.74, 6) is 0. The molecule has 1 N–H and O–H groups in total. The molecule has 0 spiro atoms.